The molecule has 15 nitrogen and oxygen atoms in total. The van der Waals surface area contributed by atoms with Crippen LogP contribution in [-0.4, -0.2) is 92.7 Å². The number of esters is 1. The van der Waals surface area contributed by atoms with E-state index in [9.17, 15) is 45.5 Å². The standard InChI is InChI=1S/C21H23N3O8.2C2HF3O2/c1-24(10-14(25)8-13(20(28)29)9-18(26)27)11-16-6-7-17(31-16)21(30)32-15-4-2-12(3-5-15)19(22)23;2*3-2(4,5)1(6)7/h2-7,13H,8-11H2,1H3,(H3,22,23)(H,26,27)(H,28,29);2*(H,6,7)/t13-;;/m0../s1. The van der Waals surface area contributed by atoms with E-state index in [-0.39, 0.29) is 30.4 Å². The van der Waals surface area contributed by atoms with Gasteiger partial charge in [-0.1, -0.05) is 0 Å². The number of nitrogens with two attached hydrogens (primary N) is 1. The zero-order valence-corrected chi connectivity index (χ0v) is 23.2. The summed E-state index contributed by atoms with van der Waals surface area (Å²) in [6, 6.07) is 9.02. The molecule has 1 heterocycles. The number of ether oxygens (including phenoxy) is 1. The topological polar surface area (TPSA) is 259 Å². The first-order valence-electron chi connectivity index (χ1n) is 11.9. The van der Waals surface area contributed by atoms with Crippen molar-refractivity contribution >= 4 is 41.5 Å². The Morgan fingerprint density at radius 2 is 1.35 bits per heavy atom. The summed E-state index contributed by atoms with van der Waals surface area (Å²) >= 11 is 0. The van der Waals surface area contributed by atoms with Gasteiger partial charge in [-0.05, 0) is 43.4 Å². The monoisotopic (exact) mass is 673 g/mol. The molecule has 0 aliphatic carbocycles. The molecule has 254 valence electrons. The Kier molecular flexibility index (Phi) is 15.6. The fourth-order valence-corrected chi connectivity index (χ4v) is 2.85. The van der Waals surface area contributed by atoms with Crippen LogP contribution in [0, 0.1) is 11.3 Å². The molecule has 0 fully saturated rings. The third-order valence-corrected chi connectivity index (χ3v) is 4.84. The van der Waals surface area contributed by atoms with Crippen molar-refractivity contribution in [2.45, 2.75) is 31.7 Å². The minimum atomic E-state index is -5.08. The second-order valence-electron chi connectivity index (χ2n) is 8.75. The van der Waals surface area contributed by atoms with Crippen molar-refractivity contribution in [3.8, 4) is 5.75 Å². The molecule has 1 atom stereocenters. The van der Waals surface area contributed by atoms with Gasteiger partial charge in [-0.2, -0.15) is 26.3 Å². The van der Waals surface area contributed by atoms with E-state index in [1.165, 1.54) is 30.3 Å². The number of ketones is 1. The third kappa shape index (κ3) is 16.4. The van der Waals surface area contributed by atoms with Crippen LogP contribution in [0.2, 0.25) is 0 Å². The van der Waals surface area contributed by atoms with Gasteiger partial charge in [-0.15, -0.1) is 0 Å². The van der Waals surface area contributed by atoms with Gasteiger partial charge in [0.1, 0.15) is 23.1 Å². The lowest BCUT2D eigenvalue weighted by molar-refractivity contribution is -0.193. The SMILES string of the molecule is CN(CC(=O)C[C@@H](CC(=O)O)C(=O)O)Cc1ccc(C(=O)Oc2ccc(C(=N)N)cc2)o1.O=C(O)C(F)(F)F.O=C(O)C(F)(F)F. The highest BCUT2D eigenvalue weighted by molar-refractivity contribution is 5.95. The van der Waals surface area contributed by atoms with Crippen LogP contribution in [0.3, 0.4) is 0 Å². The summed E-state index contributed by atoms with van der Waals surface area (Å²) in [4.78, 5) is 65.5. The molecule has 0 saturated carbocycles. The van der Waals surface area contributed by atoms with E-state index in [2.05, 4.69) is 0 Å². The summed E-state index contributed by atoms with van der Waals surface area (Å²) in [5, 5.41) is 39.4. The summed E-state index contributed by atoms with van der Waals surface area (Å²) in [6.45, 7) is 0.0371. The van der Waals surface area contributed by atoms with Gasteiger partial charge < -0.3 is 35.3 Å². The Hall–Kier alpha value is -5.47. The maximum Gasteiger partial charge on any atom is 0.490 e. The number of furan rings is 1. The van der Waals surface area contributed by atoms with Crippen molar-refractivity contribution in [3.63, 3.8) is 0 Å². The molecular weight excluding hydrogens is 648 g/mol. The quantitative estimate of drug-likeness (QED) is 0.0622. The normalized spacial score (nSPS) is 11.6. The maximum absolute atomic E-state index is 12.2. The number of nitrogen functional groups attached to an aromatic ring is 1. The molecule has 0 aliphatic rings. The number of Topliss-reactive ketones (excluding diaryl/α,β-unsaturated/α-hetero) is 1. The highest BCUT2D eigenvalue weighted by Gasteiger charge is 2.38. The van der Waals surface area contributed by atoms with Gasteiger partial charge in [0.05, 0.1) is 25.4 Å². The predicted octanol–water partition coefficient (Wildman–Crippen LogP) is 2.62. The van der Waals surface area contributed by atoms with Crippen LogP contribution in [0.5, 0.6) is 5.75 Å². The smallest absolute Gasteiger partial charge is 0.481 e. The van der Waals surface area contributed by atoms with E-state index < -0.39 is 66.7 Å². The van der Waals surface area contributed by atoms with Crippen molar-refractivity contribution in [1.82, 2.24) is 4.90 Å². The van der Waals surface area contributed by atoms with Gasteiger partial charge in [0, 0.05) is 12.0 Å². The van der Waals surface area contributed by atoms with E-state index in [1.807, 2.05) is 0 Å². The number of nitrogens with one attached hydrogen (secondary N) is 1. The first-order chi connectivity index (χ1) is 20.9. The van der Waals surface area contributed by atoms with Crippen LogP contribution in [-0.2, 0) is 30.5 Å². The van der Waals surface area contributed by atoms with E-state index in [0.29, 0.717) is 11.3 Å². The number of likely N-dealkylation sites (N-methyl/N-ethyl adjacent to an activating group) is 1. The molecule has 7 N–H and O–H groups in total. The molecule has 1 aromatic heterocycles. The molecule has 2 rings (SSSR count). The molecule has 0 amide bonds. The highest BCUT2D eigenvalue weighted by Crippen LogP contribution is 2.17. The molecule has 0 spiro atoms. The van der Waals surface area contributed by atoms with Crippen LogP contribution in [0.25, 0.3) is 0 Å². The number of benzene rings is 1. The number of alkyl halides is 6. The average molecular weight is 673 g/mol. The maximum atomic E-state index is 12.2. The largest absolute Gasteiger partial charge is 0.490 e. The lowest BCUT2D eigenvalue weighted by atomic mass is 9.99. The summed E-state index contributed by atoms with van der Waals surface area (Å²) in [5.74, 6) is -10.1. The van der Waals surface area contributed by atoms with Gasteiger partial charge in [0.2, 0.25) is 5.76 Å². The van der Waals surface area contributed by atoms with Crippen molar-refractivity contribution in [2.75, 3.05) is 13.6 Å². The van der Waals surface area contributed by atoms with Gasteiger partial charge >= 0.3 is 42.2 Å². The van der Waals surface area contributed by atoms with E-state index >= 15 is 0 Å². The Morgan fingerprint density at radius 1 is 0.870 bits per heavy atom. The number of carbonyl (C=O) groups is 6. The van der Waals surface area contributed by atoms with Gasteiger partial charge in [0.25, 0.3) is 0 Å². The second kappa shape index (κ2) is 17.7. The Bertz CT molecular complexity index is 1380. The molecule has 0 bridgehead atoms. The number of aliphatic carboxylic acids is 4. The summed E-state index contributed by atoms with van der Waals surface area (Å²) in [7, 11) is 1.60. The predicted molar refractivity (Wildman–Crippen MR) is 138 cm³/mol. The van der Waals surface area contributed by atoms with Crippen molar-refractivity contribution in [3.05, 3.63) is 53.5 Å². The van der Waals surface area contributed by atoms with Crippen LogP contribution >= 0.6 is 0 Å². The van der Waals surface area contributed by atoms with Crippen LogP contribution in [0.15, 0.2) is 40.8 Å². The molecule has 21 heteroatoms. The Labute approximate surface area is 253 Å². The number of hydrogen-bond acceptors (Lipinski definition) is 10. The fourth-order valence-electron chi connectivity index (χ4n) is 2.85. The number of carboxylic acid groups (broad SMARTS) is 4. The summed E-state index contributed by atoms with van der Waals surface area (Å²) < 4.78 is 74.1. The first kappa shape index (κ1) is 40.5. The van der Waals surface area contributed by atoms with Crippen molar-refractivity contribution in [1.29, 1.82) is 5.41 Å². The van der Waals surface area contributed by atoms with Crippen molar-refractivity contribution < 1.29 is 84.7 Å². The summed E-state index contributed by atoms with van der Waals surface area (Å²) in [6.07, 6.45) is -11.2. The van der Waals surface area contributed by atoms with Crippen LogP contribution < -0.4 is 10.5 Å². The Balaban J connectivity index is 0.00000120. The van der Waals surface area contributed by atoms with E-state index in [4.69, 9.17) is 50.3 Å². The zero-order chi connectivity index (χ0) is 36.0. The minimum Gasteiger partial charge on any atom is -0.481 e. The second-order valence-corrected chi connectivity index (χ2v) is 8.75. The number of carboxylic acids is 4. The van der Waals surface area contributed by atoms with E-state index in [1.54, 1.807) is 18.0 Å². The lowest BCUT2D eigenvalue weighted by Gasteiger charge is -2.15. The molecule has 0 unspecified atom stereocenters. The average Bonchev–Trinajstić information content (AvgIpc) is 3.36. The van der Waals surface area contributed by atoms with Crippen molar-refractivity contribution in [2.24, 2.45) is 11.7 Å². The molecule has 1 aromatic carbocycles. The molecule has 46 heavy (non-hydrogen) atoms. The highest BCUT2D eigenvalue weighted by atomic mass is 19.4. The van der Waals surface area contributed by atoms with Gasteiger partial charge in [-0.25, -0.2) is 14.4 Å². The van der Waals surface area contributed by atoms with Gasteiger partial charge in [0.15, 0.2) is 0 Å². The van der Waals surface area contributed by atoms with Crippen LogP contribution in [0.4, 0.5) is 26.3 Å². The number of carbonyl (C=O) groups excluding carboxylic acids is 2. The van der Waals surface area contributed by atoms with Gasteiger partial charge in [-0.3, -0.25) is 24.7 Å². The molecule has 0 saturated heterocycles. The Morgan fingerprint density at radius 3 is 1.74 bits per heavy atom. The number of halogens is 6. The first-order valence-corrected chi connectivity index (χ1v) is 11.9. The number of rotatable bonds is 12. The van der Waals surface area contributed by atoms with E-state index in [0.717, 1.165) is 0 Å². The molecule has 2 aromatic rings. The number of hydrogen-bond donors (Lipinski definition) is 6. The molecule has 0 aliphatic heterocycles. The summed E-state index contributed by atoms with van der Waals surface area (Å²) in [5.41, 5.74) is 5.86. The third-order valence-electron chi connectivity index (χ3n) is 4.84. The zero-order valence-electron chi connectivity index (χ0n) is 23.2. The molecular formula is C25H25F6N3O12. The number of amidine groups is 1. The van der Waals surface area contributed by atoms with Crippen LogP contribution in [0.1, 0.15) is 34.7 Å². The fraction of sp³-hybridized carbons (Fsp3) is 0.320. The minimum absolute atomic E-state index is 0.0530. The lowest BCUT2D eigenvalue weighted by Crippen LogP contribution is -2.29. The molecule has 0 radical (unpaired) electrons. The number of nitrogens with zero attached hydrogens (tertiary/aromatic N) is 1.